The predicted molar refractivity (Wildman–Crippen MR) is 88.7 cm³/mol. The summed E-state index contributed by atoms with van der Waals surface area (Å²) < 4.78 is 12.5. The third kappa shape index (κ3) is 5.54. The van der Waals surface area contributed by atoms with Gasteiger partial charge in [0, 0.05) is 13.2 Å². The van der Waals surface area contributed by atoms with E-state index in [1.165, 1.54) is 6.20 Å². The van der Waals surface area contributed by atoms with Gasteiger partial charge in [-0.05, 0) is 40.0 Å². The molecule has 0 aromatic carbocycles. The lowest BCUT2D eigenvalue weighted by molar-refractivity contribution is 0.0122. The van der Waals surface area contributed by atoms with Crippen molar-refractivity contribution in [3.05, 3.63) is 18.0 Å². The Morgan fingerprint density at radius 3 is 2.58 bits per heavy atom. The molecule has 1 fully saturated rings. The summed E-state index contributed by atoms with van der Waals surface area (Å²) in [7, 11) is 1.75. The fraction of sp³-hybridized carbons (Fsp3) is 0.706. The molecule has 1 heterocycles. The summed E-state index contributed by atoms with van der Waals surface area (Å²) in [4.78, 5) is 24.3. The molecule has 0 radical (unpaired) electrons. The summed E-state index contributed by atoms with van der Waals surface area (Å²) in [5.41, 5.74) is -0.144. The van der Waals surface area contributed by atoms with Crippen molar-refractivity contribution in [2.45, 2.75) is 70.6 Å². The first kappa shape index (κ1) is 18.3. The first-order valence-corrected chi connectivity index (χ1v) is 8.44. The van der Waals surface area contributed by atoms with E-state index in [-0.39, 0.29) is 12.1 Å². The molecule has 1 saturated carbocycles. The Kier molecular flexibility index (Phi) is 5.85. The molecule has 134 valence electrons. The molecule has 0 saturated heterocycles. The van der Waals surface area contributed by atoms with Crippen LogP contribution in [0.3, 0.4) is 0 Å². The SMILES string of the molecule is Cn1cc(C(=O)O[C@@H]2CCCCC[C@@H]2NC(=O)OC(C)(C)C)cn1. The van der Waals surface area contributed by atoms with Gasteiger partial charge in [0.2, 0.25) is 0 Å². The Balaban J connectivity index is 2.00. The quantitative estimate of drug-likeness (QED) is 0.677. The molecule has 1 amide bonds. The van der Waals surface area contributed by atoms with Gasteiger partial charge in [0.25, 0.3) is 0 Å². The van der Waals surface area contributed by atoms with Crippen molar-refractivity contribution in [3.8, 4) is 0 Å². The summed E-state index contributed by atoms with van der Waals surface area (Å²) in [5.74, 6) is -0.411. The van der Waals surface area contributed by atoms with Crippen LogP contribution in [0.1, 0.15) is 63.2 Å². The molecule has 1 aromatic heterocycles. The van der Waals surface area contributed by atoms with E-state index in [2.05, 4.69) is 10.4 Å². The largest absolute Gasteiger partial charge is 0.457 e. The Morgan fingerprint density at radius 1 is 1.25 bits per heavy atom. The predicted octanol–water partition coefficient (Wildman–Crippen LogP) is 2.80. The molecular formula is C17H27N3O4. The molecule has 1 aliphatic carbocycles. The third-order valence-electron chi connectivity index (χ3n) is 3.85. The van der Waals surface area contributed by atoms with Crippen LogP contribution in [0, 0.1) is 0 Å². The highest BCUT2D eigenvalue weighted by Crippen LogP contribution is 2.22. The number of carbonyl (C=O) groups excluding carboxylic acids is 2. The topological polar surface area (TPSA) is 82.5 Å². The summed E-state index contributed by atoms with van der Waals surface area (Å²) in [6.45, 7) is 5.46. The van der Waals surface area contributed by atoms with E-state index in [4.69, 9.17) is 9.47 Å². The van der Waals surface area contributed by atoms with Gasteiger partial charge in [0.05, 0.1) is 17.8 Å². The van der Waals surface area contributed by atoms with Crippen LogP contribution >= 0.6 is 0 Å². The second-order valence-corrected chi connectivity index (χ2v) is 7.24. The van der Waals surface area contributed by atoms with Crippen molar-refractivity contribution in [1.82, 2.24) is 15.1 Å². The van der Waals surface area contributed by atoms with Gasteiger partial charge in [0.15, 0.2) is 0 Å². The lowest BCUT2D eigenvalue weighted by Crippen LogP contribution is -2.46. The molecule has 24 heavy (non-hydrogen) atoms. The number of nitrogens with zero attached hydrogens (tertiary/aromatic N) is 2. The van der Waals surface area contributed by atoms with Gasteiger partial charge in [-0.15, -0.1) is 0 Å². The zero-order valence-corrected chi connectivity index (χ0v) is 14.9. The zero-order chi connectivity index (χ0) is 17.7. The zero-order valence-electron chi connectivity index (χ0n) is 14.9. The van der Waals surface area contributed by atoms with Crippen LogP contribution in [-0.4, -0.2) is 39.6 Å². The van der Waals surface area contributed by atoms with Gasteiger partial charge in [-0.25, -0.2) is 9.59 Å². The monoisotopic (exact) mass is 337 g/mol. The van der Waals surface area contributed by atoms with E-state index < -0.39 is 17.7 Å². The van der Waals surface area contributed by atoms with Gasteiger partial charge in [0.1, 0.15) is 11.7 Å². The van der Waals surface area contributed by atoms with Crippen molar-refractivity contribution in [1.29, 1.82) is 0 Å². The molecule has 0 bridgehead atoms. The minimum atomic E-state index is -0.559. The molecular weight excluding hydrogens is 310 g/mol. The number of carbonyl (C=O) groups is 2. The summed E-state index contributed by atoms with van der Waals surface area (Å²) >= 11 is 0. The maximum Gasteiger partial charge on any atom is 0.408 e. The van der Waals surface area contributed by atoms with E-state index in [1.807, 2.05) is 20.8 Å². The lowest BCUT2D eigenvalue weighted by atomic mass is 10.1. The fourth-order valence-corrected chi connectivity index (χ4v) is 2.77. The normalized spacial score (nSPS) is 21.7. The standard InChI is InChI=1S/C17H27N3O4/c1-17(2,3)24-16(22)19-13-8-6-5-7-9-14(13)23-15(21)12-10-18-20(4)11-12/h10-11,13-14H,5-9H2,1-4H3,(H,19,22)/t13-,14+/m0/s1. The Bertz CT molecular complexity index is 577. The van der Waals surface area contributed by atoms with Crippen molar-refractivity contribution >= 4 is 12.1 Å². The van der Waals surface area contributed by atoms with Gasteiger partial charge in [-0.2, -0.15) is 5.10 Å². The highest BCUT2D eigenvalue weighted by Gasteiger charge is 2.30. The smallest absolute Gasteiger partial charge is 0.408 e. The van der Waals surface area contributed by atoms with Crippen LogP contribution in [0.25, 0.3) is 0 Å². The summed E-state index contributed by atoms with van der Waals surface area (Å²) in [6, 6.07) is -0.233. The number of nitrogens with one attached hydrogen (secondary N) is 1. The number of hydrogen-bond acceptors (Lipinski definition) is 5. The van der Waals surface area contributed by atoms with Crippen molar-refractivity contribution in [2.24, 2.45) is 7.05 Å². The van der Waals surface area contributed by atoms with Gasteiger partial charge >= 0.3 is 12.1 Å². The van der Waals surface area contributed by atoms with E-state index >= 15 is 0 Å². The second kappa shape index (κ2) is 7.68. The maximum atomic E-state index is 12.3. The van der Waals surface area contributed by atoms with Crippen LogP contribution in [0.4, 0.5) is 4.79 Å². The number of aromatic nitrogens is 2. The molecule has 1 N–H and O–H groups in total. The maximum absolute atomic E-state index is 12.3. The van der Waals surface area contributed by atoms with Crippen molar-refractivity contribution in [3.63, 3.8) is 0 Å². The highest BCUT2D eigenvalue weighted by molar-refractivity contribution is 5.88. The molecule has 1 aromatic rings. The van der Waals surface area contributed by atoms with Gasteiger partial charge in [-0.3, -0.25) is 4.68 Å². The number of alkyl carbamates (subject to hydrolysis) is 1. The lowest BCUT2D eigenvalue weighted by Gasteiger charge is -2.27. The van der Waals surface area contributed by atoms with Crippen LogP contribution in [0.5, 0.6) is 0 Å². The van der Waals surface area contributed by atoms with Crippen LogP contribution in [0.2, 0.25) is 0 Å². The fourth-order valence-electron chi connectivity index (χ4n) is 2.77. The molecule has 0 unspecified atom stereocenters. The molecule has 7 heteroatoms. The van der Waals surface area contributed by atoms with E-state index in [0.717, 1.165) is 32.1 Å². The highest BCUT2D eigenvalue weighted by atomic mass is 16.6. The summed E-state index contributed by atoms with van der Waals surface area (Å²) in [6.07, 6.45) is 6.79. The Morgan fingerprint density at radius 2 is 1.96 bits per heavy atom. The Hall–Kier alpha value is -2.05. The number of ether oxygens (including phenoxy) is 2. The van der Waals surface area contributed by atoms with E-state index in [1.54, 1.807) is 17.9 Å². The first-order valence-electron chi connectivity index (χ1n) is 8.44. The average molecular weight is 337 g/mol. The van der Waals surface area contributed by atoms with E-state index in [0.29, 0.717) is 5.56 Å². The molecule has 1 aliphatic rings. The summed E-state index contributed by atoms with van der Waals surface area (Å²) in [5, 5.41) is 6.85. The number of aryl methyl sites for hydroxylation is 1. The molecule has 7 nitrogen and oxygen atoms in total. The first-order chi connectivity index (χ1) is 11.2. The van der Waals surface area contributed by atoms with Crippen LogP contribution in [-0.2, 0) is 16.5 Å². The van der Waals surface area contributed by atoms with Crippen molar-refractivity contribution in [2.75, 3.05) is 0 Å². The number of esters is 1. The van der Waals surface area contributed by atoms with Gasteiger partial charge < -0.3 is 14.8 Å². The minimum Gasteiger partial charge on any atom is -0.457 e. The second-order valence-electron chi connectivity index (χ2n) is 7.24. The van der Waals surface area contributed by atoms with Crippen LogP contribution in [0.15, 0.2) is 12.4 Å². The van der Waals surface area contributed by atoms with Crippen molar-refractivity contribution < 1.29 is 19.1 Å². The number of amides is 1. The molecule has 0 spiro atoms. The molecule has 2 rings (SSSR count). The van der Waals surface area contributed by atoms with Gasteiger partial charge in [-0.1, -0.05) is 12.8 Å². The Labute approximate surface area is 142 Å². The molecule has 2 atom stereocenters. The third-order valence-corrected chi connectivity index (χ3v) is 3.85. The molecule has 0 aliphatic heterocycles. The van der Waals surface area contributed by atoms with Crippen LogP contribution < -0.4 is 5.32 Å². The minimum absolute atomic E-state index is 0.233. The average Bonchev–Trinajstić information content (AvgIpc) is 2.78. The van der Waals surface area contributed by atoms with E-state index in [9.17, 15) is 9.59 Å². The number of hydrogen-bond donors (Lipinski definition) is 1. The number of rotatable bonds is 3.